The number of nitrogens with one attached hydrogen (secondary N) is 3. The molecule has 4 N–H and O–H groups in total. The molecule has 1 fully saturated rings. The largest absolute Gasteiger partial charge is 0.465 e. The van der Waals surface area contributed by atoms with Gasteiger partial charge in [-0.15, -0.1) is 0 Å². The Bertz CT molecular complexity index is 279. The van der Waals surface area contributed by atoms with Crippen molar-refractivity contribution in [2.75, 3.05) is 0 Å². The molecule has 8 nitrogen and oxygen atoms in total. The average molecular weight is 187 g/mol. The lowest BCUT2D eigenvalue weighted by Gasteiger charge is -2.19. The molecule has 5 amide bonds. The van der Waals surface area contributed by atoms with Crippen LogP contribution in [0.15, 0.2) is 0 Å². The third-order valence-corrected chi connectivity index (χ3v) is 1.27. The van der Waals surface area contributed by atoms with Crippen LogP contribution in [0, 0.1) is 0 Å². The fourth-order valence-electron chi connectivity index (χ4n) is 0.773. The van der Waals surface area contributed by atoms with Gasteiger partial charge in [-0.2, -0.15) is 0 Å². The van der Waals surface area contributed by atoms with Gasteiger partial charge in [-0.3, -0.25) is 20.2 Å². The zero-order valence-corrected chi connectivity index (χ0v) is 6.16. The lowest BCUT2D eigenvalue weighted by molar-refractivity contribution is -0.132. The molecule has 0 radical (unpaired) electrons. The number of imide groups is 2. The summed E-state index contributed by atoms with van der Waals surface area (Å²) in [5.74, 6) is -1.98. The number of carbonyl (C=O) groups excluding carboxylic acids is 3. The lowest BCUT2D eigenvalue weighted by atomic mass is 10.2. The summed E-state index contributed by atoms with van der Waals surface area (Å²) in [7, 11) is 0. The molecule has 0 saturated carbocycles. The first-order valence-corrected chi connectivity index (χ1v) is 3.16. The van der Waals surface area contributed by atoms with Crippen LogP contribution in [0.5, 0.6) is 0 Å². The van der Waals surface area contributed by atoms with E-state index in [0.29, 0.717) is 0 Å². The summed E-state index contributed by atoms with van der Waals surface area (Å²) < 4.78 is 0. The van der Waals surface area contributed by atoms with E-state index in [4.69, 9.17) is 5.11 Å². The van der Waals surface area contributed by atoms with Crippen LogP contribution < -0.4 is 16.0 Å². The molecule has 1 aliphatic heterocycles. The Kier molecular flexibility index (Phi) is 2.13. The van der Waals surface area contributed by atoms with Gasteiger partial charge in [0.15, 0.2) is 6.04 Å². The molecule has 0 aromatic carbocycles. The molecule has 1 aliphatic rings. The molecule has 0 atom stereocenters. The number of rotatable bonds is 1. The Labute approximate surface area is 71.3 Å². The molecule has 1 heterocycles. The van der Waals surface area contributed by atoms with Crippen molar-refractivity contribution in [2.45, 2.75) is 6.04 Å². The number of barbiturate groups is 1. The van der Waals surface area contributed by atoms with Gasteiger partial charge in [-0.05, 0) is 0 Å². The molecule has 0 unspecified atom stereocenters. The van der Waals surface area contributed by atoms with Crippen LogP contribution in [0.4, 0.5) is 9.59 Å². The SMILES string of the molecule is O=C(O)NC1C(=O)NC(=O)NC1=O. The molecular weight excluding hydrogens is 182 g/mol. The van der Waals surface area contributed by atoms with Crippen LogP contribution in [0.25, 0.3) is 0 Å². The summed E-state index contributed by atoms with van der Waals surface area (Å²) in [5, 5.41) is 13.3. The number of carbonyl (C=O) groups is 4. The van der Waals surface area contributed by atoms with Crippen molar-refractivity contribution in [2.24, 2.45) is 0 Å². The van der Waals surface area contributed by atoms with Gasteiger partial charge in [0, 0.05) is 0 Å². The van der Waals surface area contributed by atoms with Crippen molar-refractivity contribution < 1.29 is 24.3 Å². The van der Waals surface area contributed by atoms with E-state index < -0.39 is 30.0 Å². The third-order valence-electron chi connectivity index (χ3n) is 1.27. The Morgan fingerprint density at radius 2 is 1.69 bits per heavy atom. The second-order valence-electron chi connectivity index (χ2n) is 2.19. The molecule has 8 heteroatoms. The zero-order chi connectivity index (χ0) is 10.0. The minimum Gasteiger partial charge on any atom is -0.465 e. The summed E-state index contributed by atoms with van der Waals surface area (Å²) in [4.78, 5) is 42.2. The second kappa shape index (κ2) is 3.09. The van der Waals surface area contributed by atoms with Crippen molar-refractivity contribution >= 4 is 23.9 Å². The lowest BCUT2D eigenvalue weighted by Crippen LogP contribution is -2.64. The molecule has 70 valence electrons. The van der Waals surface area contributed by atoms with Gasteiger partial charge < -0.3 is 10.4 Å². The quantitative estimate of drug-likeness (QED) is 0.353. The maximum atomic E-state index is 10.8. The van der Waals surface area contributed by atoms with Crippen LogP contribution in [-0.2, 0) is 9.59 Å². The Morgan fingerprint density at radius 3 is 2.08 bits per heavy atom. The summed E-state index contributed by atoms with van der Waals surface area (Å²) in [6, 6.07) is -2.53. The van der Waals surface area contributed by atoms with Crippen LogP contribution >= 0.6 is 0 Å². The second-order valence-corrected chi connectivity index (χ2v) is 2.19. The van der Waals surface area contributed by atoms with Crippen LogP contribution in [0.3, 0.4) is 0 Å². The summed E-state index contributed by atoms with van der Waals surface area (Å²) in [6.07, 6.45) is -1.52. The Morgan fingerprint density at radius 1 is 1.23 bits per heavy atom. The predicted molar refractivity (Wildman–Crippen MR) is 36.6 cm³/mol. The van der Waals surface area contributed by atoms with E-state index in [9.17, 15) is 19.2 Å². The first kappa shape index (κ1) is 8.97. The molecular formula is C5H5N3O5. The van der Waals surface area contributed by atoms with E-state index in [1.807, 2.05) is 0 Å². The number of hydrogen-bond donors (Lipinski definition) is 4. The minimum atomic E-state index is -1.57. The highest BCUT2D eigenvalue weighted by Gasteiger charge is 2.35. The fourth-order valence-corrected chi connectivity index (χ4v) is 0.773. The molecule has 1 rings (SSSR count). The first-order chi connectivity index (χ1) is 6.00. The normalized spacial score (nSPS) is 17.7. The van der Waals surface area contributed by atoms with E-state index in [0.717, 1.165) is 0 Å². The Hall–Kier alpha value is -2.12. The maximum Gasteiger partial charge on any atom is 0.405 e. The number of carboxylic acid groups (broad SMARTS) is 1. The highest BCUT2D eigenvalue weighted by atomic mass is 16.4. The van der Waals surface area contributed by atoms with Gasteiger partial charge in [-0.1, -0.05) is 0 Å². The maximum absolute atomic E-state index is 10.8. The monoisotopic (exact) mass is 187 g/mol. The number of hydrogen-bond acceptors (Lipinski definition) is 4. The van der Waals surface area contributed by atoms with Gasteiger partial charge in [0.25, 0.3) is 11.8 Å². The van der Waals surface area contributed by atoms with Gasteiger partial charge in [-0.25, -0.2) is 9.59 Å². The minimum absolute atomic E-state index is 0.960. The van der Waals surface area contributed by atoms with Gasteiger partial charge in [0.2, 0.25) is 0 Å². The molecule has 0 spiro atoms. The Balaban J connectivity index is 2.73. The highest BCUT2D eigenvalue weighted by molar-refractivity contribution is 6.19. The number of amides is 5. The summed E-state index contributed by atoms with van der Waals surface area (Å²) >= 11 is 0. The van der Waals surface area contributed by atoms with E-state index in [1.54, 1.807) is 16.0 Å². The van der Waals surface area contributed by atoms with Crippen LogP contribution in [-0.4, -0.2) is 35.1 Å². The van der Waals surface area contributed by atoms with E-state index >= 15 is 0 Å². The van der Waals surface area contributed by atoms with E-state index in [-0.39, 0.29) is 0 Å². The highest BCUT2D eigenvalue weighted by Crippen LogP contribution is 1.91. The topological polar surface area (TPSA) is 125 Å². The zero-order valence-electron chi connectivity index (χ0n) is 6.16. The molecule has 1 saturated heterocycles. The first-order valence-electron chi connectivity index (χ1n) is 3.16. The molecule has 0 aromatic heterocycles. The van der Waals surface area contributed by atoms with Gasteiger partial charge >= 0.3 is 12.1 Å². The van der Waals surface area contributed by atoms with Crippen molar-refractivity contribution in [3.8, 4) is 0 Å². The average Bonchev–Trinajstić information content (AvgIpc) is 1.96. The van der Waals surface area contributed by atoms with E-state index in [1.165, 1.54) is 0 Å². The van der Waals surface area contributed by atoms with Crippen molar-refractivity contribution in [1.29, 1.82) is 0 Å². The van der Waals surface area contributed by atoms with Crippen LogP contribution in [0.2, 0.25) is 0 Å². The van der Waals surface area contributed by atoms with Crippen molar-refractivity contribution in [3.63, 3.8) is 0 Å². The van der Waals surface area contributed by atoms with Gasteiger partial charge in [0.1, 0.15) is 0 Å². The van der Waals surface area contributed by atoms with E-state index in [2.05, 4.69) is 0 Å². The summed E-state index contributed by atoms with van der Waals surface area (Å²) in [6.45, 7) is 0. The standard InChI is InChI=1S/C5H5N3O5/c9-2-1(6-5(12)13)3(10)8-4(11)7-2/h1,6H,(H,12,13)(H2,7,8,9,10,11). The molecule has 0 bridgehead atoms. The summed E-state index contributed by atoms with van der Waals surface area (Å²) in [5.41, 5.74) is 0. The molecule has 0 aromatic rings. The van der Waals surface area contributed by atoms with Crippen molar-refractivity contribution in [3.05, 3.63) is 0 Å². The third kappa shape index (κ3) is 1.92. The van der Waals surface area contributed by atoms with Gasteiger partial charge in [0.05, 0.1) is 0 Å². The van der Waals surface area contributed by atoms with Crippen LogP contribution in [0.1, 0.15) is 0 Å². The molecule has 13 heavy (non-hydrogen) atoms. The predicted octanol–water partition coefficient (Wildman–Crippen LogP) is -2.01. The van der Waals surface area contributed by atoms with Crippen molar-refractivity contribution in [1.82, 2.24) is 16.0 Å². The fraction of sp³-hybridized carbons (Fsp3) is 0.200. The number of urea groups is 1. The molecule has 0 aliphatic carbocycles. The smallest absolute Gasteiger partial charge is 0.405 e.